The Morgan fingerprint density at radius 1 is 1.33 bits per heavy atom. The Bertz CT molecular complexity index is 541. The topological polar surface area (TPSA) is 55.1 Å². The van der Waals surface area contributed by atoms with E-state index in [0.29, 0.717) is 23.0 Å². The average molecular weight is 285 g/mol. The van der Waals surface area contributed by atoms with E-state index in [1.165, 1.54) is 12.3 Å². The summed E-state index contributed by atoms with van der Waals surface area (Å²) in [4.78, 5) is 11.5. The van der Waals surface area contributed by atoms with Gasteiger partial charge in [-0.05, 0) is 24.1 Å². The number of hydrogen-bond donors (Lipinski definition) is 1. The second-order valence-corrected chi connectivity index (χ2v) is 4.46. The highest BCUT2D eigenvalue weighted by molar-refractivity contribution is 6.35. The molecule has 0 bridgehead atoms. The fourth-order valence-corrected chi connectivity index (χ4v) is 1.96. The molecule has 0 spiro atoms. The SMILES string of the molecule is O=C(NCCc1ccc(Cl)cc1Cl)c1ccno1. The molecule has 1 heterocycles. The number of aromatic nitrogens is 1. The molecule has 1 N–H and O–H groups in total. The van der Waals surface area contributed by atoms with Gasteiger partial charge in [-0.2, -0.15) is 0 Å². The second-order valence-electron chi connectivity index (χ2n) is 3.62. The summed E-state index contributed by atoms with van der Waals surface area (Å²) in [5.74, 6) is -0.102. The number of halogens is 2. The Balaban J connectivity index is 1.87. The first-order valence-corrected chi connectivity index (χ1v) is 6.05. The third kappa shape index (κ3) is 3.24. The molecule has 6 heteroatoms. The van der Waals surface area contributed by atoms with Crippen LogP contribution in [0, 0.1) is 0 Å². The van der Waals surface area contributed by atoms with E-state index in [1.54, 1.807) is 12.1 Å². The van der Waals surface area contributed by atoms with Gasteiger partial charge in [0, 0.05) is 22.7 Å². The monoisotopic (exact) mass is 284 g/mol. The van der Waals surface area contributed by atoms with Gasteiger partial charge in [-0.25, -0.2) is 0 Å². The number of nitrogens with one attached hydrogen (secondary N) is 1. The molecule has 0 unspecified atom stereocenters. The standard InChI is InChI=1S/C12H10Cl2N2O2/c13-9-2-1-8(10(14)7-9)3-5-15-12(17)11-4-6-16-18-11/h1-2,4,6-7H,3,5H2,(H,15,17). The van der Waals surface area contributed by atoms with E-state index in [9.17, 15) is 4.79 Å². The lowest BCUT2D eigenvalue weighted by atomic mass is 10.1. The van der Waals surface area contributed by atoms with Crippen molar-refractivity contribution in [2.45, 2.75) is 6.42 Å². The zero-order valence-corrected chi connectivity index (χ0v) is 10.8. The highest BCUT2D eigenvalue weighted by Gasteiger charge is 2.09. The zero-order valence-electron chi connectivity index (χ0n) is 9.32. The van der Waals surface area contributed by atoms with Crippen LogP contribution in [0.4, 0.5) is 0 Å². The smallest absolute Gasteiger partial charge is 0.289 e. The van der Waals surface area contributed by atoms with Gasteiger partial charge >= 0.3 is 0 Å². The lowest BCUT2D eigenvalue weighted by Gasteiger charge is -2.05. The Labute approximate surface area is 114 Å². The van der Waals surface area contributed by atoms with E-state index in [0.717, 1.165) is 5.56 Å². The fourth-order valence-electron chi connectivity index (χ4n) is 1.46. The molecule has 2 rings (SSSR count). The first-order valence-electron chi connectivity index (χ1n) is 5.29. The van der Waals surface area contributed by atoms with E-state index in [2.05, 4.69) is 10.5 Å². The molecular formula is C12H10Cl2N2O2. The van der Waals surface area contributed by atoms with Crippen LogP contribution in [0.15, 0.2) is 35.0 Å². The van der Waals surface area contributed by atoms with Gasteiger partial charge in [0.2, 0.25) is 5.76 Å². The quantitative estimate of drug-likeness (QED) is 0.939. The third-order valence-electron chi connectivity index (χ3n) is 2.36. The van der Waals surface area contributed by atoms with Crippen molar-refractivity contribution in [1.82, 2.24) is 10.5 Å². The van der Waals surface area contributed by atoms with Crippen molar-refractivity contribution in [3.05, 3.63) is 51.8 Å². The molecule has 0 saturated heterocycles. The summed E-state index contributed by atoms with van der Waals surface area (Å²) in [6.07, 6.45) is 2.04. The van der Waals surface area contributed by atoms with Crippen LogP contribution < -0.4 is 5.32 Å². The Morgan fingerprint density at radius 2 is 2.17 bits per heavy atom. The normalized spacial score (nSPS) is 10.3. The molecule has 0 atom stereocenters. The van der Waals surface area contributed by atoms with Crippen LogP contribution in [-0.2, 0) is 6.42 Å². The van der Waals surface area contributed by atoms with Crippen molar-refractivity contribution in [3.8, 4) is 0 Å². The van der Waals surface area contributed by atoms with Crippen LogP contribution in [-0.4, -0.2) is 17.6 Å². The maximum Gasteiger partial charge on any atom is 0.289 e. The average Bonchev–Trinajstić information content (AvgIpc) is 2.85. The molecule has 0 saturated carbocycles. The first-order chi connectivity index (χ1) is 8.66. The van der Waals surface area contributed by atoms with Crippen LogP contribution >= 0.6 is 23.2 Å². The van der Waals surface area contributed by atoms with Gasteiger partial charge in [0.25, 0.3) is 5.91 Å². The minimum atomic E-state index is -0.294. The van der Waals surface area contributed by atoms with Crippen molar-refractivity contribution in [2.24, 2.45) is 0 Å². The van der Waals surface area contributed by atoms with Crippen molar-refractivity contribution in [3.63, 3.8) is 0 Å². The molecule has 4 nitrogen and oxygen atoms in total. The molecule has 1 aromatic carbocycles. The summed E-state index contributed by atoms with van der Waals surface area (Å²) in [6, 6.07) is 6.79. The van der Waals surface area contributed by atoms with Crippen molar-refractivity contribution < 1.29 is 9.32 Å². The zero-order chi connectivity index (χ0) is 13.0. The van der Waals surface area contributed by atoms with Crippen LogP contribution in [0.2, 0.25) is 10.0 Å². The molecule has 0 aliphatic rings. The second kappa shape index (κ2) is 5.89. The van der Waals surface area contributed by atoms with Gasteiger partial charge in [0.15, 0.2) is 0 Å². The van der Waals surface area contributed by atoms with Crippen LogP contribution in [0.1, 0.15) is 16.1 Å². The molecule has 2 aromatic rings. The van der Waals surface area contributed by atoms with Gasteiger partial charge in [0.1, 0.15) is 0 Å². The van der Waals surface area contributed by atoms with Gasteiger partial charge < -0.3 is 9.84 Å². The fraction of sp³-hybridized carbons (Fsp3) is 0.167. The third-order valence-corrected chi connectivity index (χ3v) is 2.94. The predicted octanol–water partition coefficient (Wildman–Crippen LogP) is 2.95. The summed E-state index contributed by atoms with van der Waals surface area (Å²) in [5, 5.41) is 7.36. The lowest BCUT2D eigenvalue weighted by Crippen LogP contribution is -2.25. The highest BCUT2D eigenvalue weighted by atomic mass is 35.5. The molecule has 18 heavy (non-hydrogen) atoms. The Hall–Kier alpha value is -1.52. The van der Waals surface area contributed by atoms with E-state index < -0.39 is 0 Å². The summed E-state index contributed by atoms with van der Waals surface area (Å²) >= 11 is 11.8. The minimum absolute atomic E-state index is 0.192. The summed E-state index contributed by atoms with van der Waals surface area (Å²) in [6.45, 7) is 0.459. The molecule has 1 aromatic heterocycles. The highest BCUT2D eigenvalue weighted by Crippen LogP contribution is 2.21. The van der Waals surface area contributed by atoms with Crippen molar-refractivity contribution in [2.75, 3.05) is 6.54 Å². The number of rotatable bonds is 4. The van der Waals surface area contributed by atoms with E-state index in [-0.39, 0.29) is 11.7 Å². The predicted molar refractivity (Wildman–Crippen MR) is 69.0 cm³/mol. The molecule has 94 valence electrons. The molecule has 0 aliphatic heterocycles. The molecule has 1 amide bonds. The number of nitrogens with zero attached hydrogens (tertiary/aromatic N) is 1. The number of carbonyl (C=O) groups is 1. The summed E-state index contributed by atoms with van der Waals surface area (Å²) in [7, 11) is 0. The largest absolute Gasteiger partial charge is 0.351 e. The van der Waals surface area contributed by atoms with Crippen LogP contribution in [0.3, 0.4) is 0 Å². The van der Waals surface area contributed by atoms with Gasteiger partial charge in [-0.1, -0.05) is 34.4 Å². The summed E-state index contributed by atoms with van der Waals surface area (Å²) in [5.41, 5.74) is 0.930. The number of benzene rings is 1. The van der Waals surface area contributed by atoms with E-state index in [1.807, 2.05) is 6.07 Å². The number of amides is 1. The Kier molecular flexibility index (Phi) is 4.23. The maximum atomic E-state index is 11.5. The van der Waals surface area contributed by atoms with E-state index in [4.69, 9.17) is 27.7 Å². The summed E-state index contributed by atoms with van der Waals surface area (Å²) < 4.78 is 4.73. The van der Waals surface area contributed by atoms with Gasteiger partial charge in [-0.15, -0.1) is 0 Å². The van der Waals surface area contributed by atoms with Crippen LogP contribution in [0.5, 0.6) is 0 Å². The van der Waals surface area contributed by atoms with Crippen molar-refractivity contribution in [1.29, 1.82) is 0 Å². The Morgan fingerprint density at radius 3 is 2.83 bits per heavy atom. The van der Waals surface area contributed by atoms with Crippen LogP contribution in [0.25, 0.3) is 0 Å². The molecule has 0 fully saturated rings. The van der Waals surface area contributed by atoms with Gasteiger partial charge in [0.05, 0.1) is 6.20 Å². The van der Waals surface area contributed by atoms with E-state index >= 15 is 0 Å². The molecular weight excluding hydrogens is 275 g/mol. The molecule has 0 radical (unpaired) electrons. The first kappa shape index (κ1) is 12.9. The molecule has 0 aliphatic carbocycles. The van der Waals surface area contributed by atoms with Gasteiger partial charge in [-0.3, -0.25) is 4.79 Å². The number of hydrogen-bond acceptors (Lipinski definition) is 3. The lowest BCUT2D eigenvalue weighted by molar-refractivity contribution is 0.0917. The number of carbonyl (C=O) groups excluding carboxylic acids is 1. The van der Waals surface area contributed by atoms with Crippen molar-refractivity contribution >= 4 is 29.1 Å². The minimum Gasteiger partial charge on any atom is -0.351 e. The maximum absolute atomic E-state index is 11.5.